The van der Waals surface area contributed by atoms with E-state index in [1.165, 1.54) is 12.1 Å². The number of benzene rings is 1. The van der Waals surface area contributed by atoms with E-state index < -0.39 is 17.8 Å². The molecule has 1 aliphatic rings. The van der Waals surface area contributed by atoms with E-state index in [1.54, 1.807) is 0 Å². The van der Waals surface area contributed by atoms with Crippen molar-refractivity contribution in [2.75, 3.05) is 19.7 Å². The van der Waals surface area contributed by atoms with Gasteiger partial charge in [-0.3, -0.25) is 4.79 Å². The summed E-state index contributed by atoms with van der Waals surface area (Å²) < 4.78 is 42.8. The SMILES string of the molecule is O=C(NCC(O)COc1cccc(C(F)(F)F)c1)C1CCCN1. The highest BCUT2D eigenvalue weighted by Crippen LogP contribution is 2.31. The summed E-state index contributed by atoms with van der Waals surface area (Å²) in [5.74, 6) is -0.178. The van der Waals surface area contributed by atoms with Gasteiger partial charge in [-0.1, -0.05) is 6.07 Å². The molecule has 0 spiro atoms. The van der Waals surface area contributed by atoms with E-state index in [0.29, 0.717) is 0 Å². The summed E-state index contributed by atoms with van der Waals surface area (Å²) in [6.07, 6.45) is -3.77. The van der Waals surface area contributed by atoms with E-state index in [1.807, 2.05) is 0 Å². The molecule has 1 aromatic carbocycles. The van der Waals surface area contributed by atoms with Crippen molar-refractivity contribution in [3.63, 3.8) is 0 Å². The Bertz CT molecular complexity index is 531. The predicted molar refractivity (Wildman–Crippen MR) is 77.0 cm³/mol. The standard InChI is InChI=1S/C15H19F3N2O3/c16-15(17,18)10-3-1-4-12(7-10)23-9-11(21)8-20-14(22)13-5-2-6-19-13/h1,3-4,7,11,13,19,21H,2,5-6,8-9H2,(H,20,22). The third-order valence-corrected chi connectivity index (χ3v) is 3.49. The third kappa shape index (κ3) is 5.40. The van der Waals surface area contributed by atoms with Crippen molar-refractivity contribution in [1.82, 2.24) is 10.6 Å². The van der Waals surface area contributed by atoms with Gasteiger partial charge in [-0.05, 0) is 37.6 Å². The predicted octanol–water partition coefficient (Wildman–Crippen LogP) is 1.31. The fourth-order valence-corrected chi connectivity index (χ4v) is 2.26. The first kappa shape index (κ1) is 17.6. The summed E-state index contributed by atoms with van der Waals surface area (Å²) >= 11 is 0. The Morgan fingerprint density at radius 2 is 2.26 bits per heavy atom. The van der Waals surface area contributed by atoms with E-state index in [0.717, 1.165) is 31.5 Å². The maximum atomic E-state index is 12.6. The Balaban J connectivity index is 1.75. The first-order valence-electron chi connectivity index (χ1n) is 7.35. The Morgan fingerprint density at radius 3 is 2.91 bits per heavy atom. The smallest absolute Gasteiger partial charge is 0.416 e. The number of rotatable bonds is 6. The van der Waals surface area contributed by atoms with Crippen LogP contribution in [-0.4, -0.2) is 42.9 Å². The highest BCUT2D eigenvalue weighted by atomic mass is 19.4. The van der Waals surface area contributed by atoms with Crippen LogP contribution in [0.2, 0.25) is 0 Å². The number of carbonyl (C=O) groups excluding carboxylic acids is 1. The molecule has 0 radical (unpaired) electrons. The topological polar surface area (TPSA) is 70.6 Å². The second-order valence-electron chi connectivity index (χ2n) is 5.38. The van der Waals surface area contributed by atoms with Gasteiger partial charge in [-0.25, -0.2) is 0 Å². The lowest BCUT2D eigenvalue weighted by atomic mass is 10.2. The number of nitrogens with one attached hydrogen (secondary N) is 2. The van der Waals surface area contributed by atoms with Gasteiger partial charge in [-0.2, -0.15) is 13.2 Å². The molecule has 2 rings (SSSR count). The van der Waals surface area contributed by atoms with Crippen molar-refractivity contribution < 1.29 is 27.8 Å². The fraction of sp³-hybridized carbons (Fsp3) is 0.533. The van der Waals surface area contributed by atoms with Crippen molar-refractivity contribution >= 4 is 5.91 Å². The Labute approximate surface area is 131 Å². The van der Waals surface area contributed by atoms with Gasteiger partial charge >= 0.3 is 6.18 Å². The molecule has 1 heterocycles. The molecule has 1 aromatic rings. The first-order valence-corrected chi connectivity index (χ1v) is 7.35. The van der Waals surface area contributed by atoms with E-state index in [4.69, 9.17) is 4.74 Å². The van der Waals surface area contributed by atoms with E-state index in [9.17, 15) is 23.1 Å². The second kappa shape index (κ2) is 7.65. The van der Waals surface area contributed by atoms with Crippen LogP contribution in [0.25, 0.3) is 0 Å². The quantitative estimate of drug-likeness (QED) is 0.735. The number of amides is 1. The molecule has 0 aliphatic carbocycles. The zero-order valence-corrected chi connectivity index (χ0v) is 12.4. The number of aliphatic hydroxyl groups excluding tert-OH is 1. The summed E-state index contributed by atoms with van der Waals surface area (Å²) in [6, 6.07) is 4.18. The first-order chi connectivity index (χ1) is 10.9. The summed E-state index contributed by atoms with van der Waals surface area (Å²) in [6.45, 7) is 0.564. The second-order valence-corrected chi connectivity index (χ2v) is 5.38. The average Bonchev–Trinajstić information content (AvgIpc) is 3.04. The van der Waals surface area contributed by atoms with Crippen LogP contribution in [0, 0.1) is 0 Å². The molecule has 1 saturated heterocycles. The molecule has 1 fully saturated rings. The highest BCUT2D eigenvalue weighted by Gasteiger charge is 2.30. The number of hydrogen-bond acceptors (Lipinski definition) is 4. The molecule has 1 aliphatic heterocycles. The molecule has 0 bridgehead atoms. The van der Waals surface area contributed by atoms with Gasteiger partial charge in [0.2, 0.25) is 5.91 Å². The highest BCUT2D eigenvalue weighted by molar-refractivity contribution is 5.82. The largest absolute Gasteiger partial charge is 0.491 e. The fourth-order valence-electron chi connectivity index (χ4n) is 2.26. The zero-order valence-electron chi connectivity index (χ0n) is 12.4. The number of aliphatic hydroxyl groups is 1. The minimum atomic E-state index is -4.44. The van der Waals surface area contributed by atoms with Crippen molar-refractivity contribution in [2.24, 2.45) is 0 Å². The minimum absolute atomic E-state index is 0.0164. The lowest BCUT2D eigenvalue weighted by molar-refractivity contribution is -0.137. The molecule has 5 nitrogen and oxygen atoms in total. The molecular formula is C15H19F3N2O3. The molecule has 0 saturated carbocycles. The van der Waals surface area contributed by atoms with Crippen LogP contribution in [0.5, 0.6) is 5.75 Å². The van der Waals surface area contributed by atoms with Crippen LogP contribution in [0.3, 0.4) is 0 Å². The van der Waals surface area contributed by atoms with E-state index in [2.05, 4.69) is 10.6 Å². The number of hydrogen-bond donors (Lipinski definition) is 3. The minimum Gasteiger partial charge on any atom is -0.491 e. The number of halogens is 3. The van der Waals surface area contributed by atoms with Crippen LogP contribution >= 0.6 is 0 Å². The van der Waals surface area contributed by atoms with Gasteiger partial charge in [-0.15, -0.1) is 0 Å². The molecule has 23 heavy (non-hydrogen) atoms. The van der Waals surface area contributed by atoms with Gasteiger partial charge in [0, 0.05) is 6.54 Å². The van der Waals surface area contributed by atoms with E-state index >= 15 is 0 Å². The van der Waals surface area contributed by atoms with Gasteiger partial charge in [0.05, 0.1) is 11.6 Å². The lowest BCUT2D eigenvalue weighted by Crippen LogP contribution is -2.44. The van der Waals surface area contributed by atoms with Crippen LogP contribution < -0.4 is 15.4 Å². The lowest BCUT2D eigenvalue weighted by Gasteiger charge is -2.16. The summed E-state index contributed by atoms with van der Waals surface area (Å²) in [4.78, 5) is 11.7. The third-order valence-electron chi connectivity index (χ3n) is 3.49. The van der Waals surface area contributed by atoms with Crippen molar-refractivity contribution in [3.8, 4) is 5.75 Å². The zero-order chi connectivity index (χ0) is 16.9. The maximum absolute atomic E-state index is 12.6. The van der Waals surface area contributed by atoms with Crippen LogP contribution in [0.4, 0.5) is 13.2 Å². The molecule has 128 valence electrons. The average molecular weight is 332 g/mol. The summed E-state index contributed by atoms with van der Waals surface area (Å²) in [5.41, 5.74) is -0.815. The Hall–Kier alpha value is -1.80. The molecule has 0 aromatic heterocycles. The van der Waals surface area contributed by atoms with Gasteiger partial charge in [0.15, 0.2) is 0 Å². The normalized spacial score (nSPS) is 19.4. The molecule has 1 amide bonds. The number of alkyl halides is 3. The molecular weight excluding hydrogens is 313 g/mol. The van der Waals surface area contributed by atoms with E-state index in [-0.39, 0.29) is 30.9 Å². The van der Waals surface area contributed by atoms with Crippen molar-refractivity contribution in [2.45, 2.75) is 31.2 Å². The molecule has 8 heteroatoms. The Morgan fingerprint density at radius 1 is 1.48 bits per heavy atom. The summed E-state index contributed by atoms with van der Waals surface area (Å²) in [7, 11) is 0. The molecule has 2 atom stereocenters. The van der Waals surface area contributed by atoms with Gasteiger partial charge in [0.25, 0.3) is 0 Å². The van der Waals surface area contributed by atoms with Gasteiger partial charge < -0.3 is 20.5 Å². The van der Waals surface area contributed by atoms with Crippen molar-refractivity contribution in [1.29, 1.82) is 0 Å². The van der Waals surface area contributed by atoms with Gasteiger partial charge in [0.1, 0.15) is 18.5 Å². The monoisotopic (exact) mass is 332 g/mol. The number of carbonyl (C=O) groups is 1. The number of ether oxygens (including phenoxy) is 1. The maximum Gasteiger partial charge on any atom is 0.416 e. The van der Waals surface area contributed by atoms with Crippen molar-refractivity contribution in [3.05, 3.63) is 29.8 Å². The molecule has 3 N–H and O–H groups in total. The Kier molecular flexibility index (Phi) is 5.84. The van der Waals surface area contributed by atoms with Crippen LogP contribution in [0.1, 0.15) is 18.4 Å². The molecule has 2 unspecified atom stereocenters. The van der Waals surface area contributed by atoms with Crippen LogP contribution in [-0.2, 0) is 11.0 Å². The summed E-state index contributed by atoms with van der Waals surface area (Å²) in [5, 5.41) is 15.4. The van der Waals surface area contributed by atoms with Crippen LogP contribution in [0.15, 0.2) is 24.3 Å².